The van der Waals surface area contributed by atoms with Gasteiger partial charge in [0.05, 0.1) is 19.0 Å². The number of ether oxygens (including phenoxy) is 1. The van der Waals surface area contributed by atoms with E-state index in [2.05, 4.69) is 39.5 Å². The first-order valence-corrected chi connectivity index (χ1v) is 9.01. The Balaban J connectivity index is 1.50. The normalized spacial score (nSPS) is 13.0. The van der Waals surface area contributed by atoms with Gasteiger partial charge in [0.1, 0.15) is 11.4 Å². The highest BCUT2D eigenvalue weighted by Gasteiger charge is 2.18. The third-order valence-corrected chi connectivity index (χ3v) is 4.75. The van der Waals surface area contributed by atoms with Crippen molar-refractivity contribution in [2.75, 3.05) is 23.9 Å². The molecule has 0 saturated heterocycles. The second-order valence-electron chi connectivity index (χ2n) is 6.47. The number of carbonyl (C=O) groups excluding carboxylic acids is 1. The monoisotopic (exact) mass is 359 g/mol. The molecule has 0 fully saturated rings. The topological polar surface area (TPSA) is 54.5 Å². The average molecular weight is 359 g/mol. The molecule has 0 saturated carbocycles. The van der Waals surface area contributed by atoms with Gasteiger partial charge < -0.3 is 15.0 Å². The third-order valence-electron chi connectivity index (χ3n) is 4.75. The second-order valence-corrected chi connectivity index (χ2v) is 6.47. The van der Waals surface area contributed by atoms with Gasteiger partial charge in [-0.25, -0.2) is 4.98 Å². The zero-order chi connectivity index (χ0) is 18.6. The van der Waals surface area contributed by atoms with E-state index in [0.29, 0.717) is 11.4 Å². The molecule has 0 spiro atoms. The van der Waals surface area contributed by atoms with Gasteiger partial charge in [0.15, 0.2) is 0 Å². The van der Waals surface area contributed by atoms with Crippen molar-refractivity contribution < 1.29 is 9.53 Å². The van der Waals surface area contributed by atoms with Gasteiger partial charge in [-0.05, 0) is 60.9 Å². The molecule has 3 aromatic rings. The number of rotatable bonds is 4. The smallest absolute Gasteiger partial charge is 0.274 e. The Bertz CT molecular complexity index is 937. The molecule has 1 aromatic heterocycles. The number of aromatic nitrogens is 1. The van der Waals surface area contributed by atoms with Gasteiger partial charge in [-0.2, -0.15) is 0 Å². The van der Waals surface area contributed by atoms with Crippen LogP contribution in [0.15, 0.2) is 66.9 Å². The van der Waals surface area contributed by atoms with Crippen molar-refractivity contribution in [2.24, 2.45) is 0 Å². The van der Waals surface area contributed by atoms with Crippen molar-refractivity contribution in [1.29, 1.82) is 0 Å². The Kier molecular flexibility index (Phi) is 4.75. The van der Waals surface area contributed by atoms with Crippen LogP contribution in [0.3, 0.4) is 0 Å². The van der Waals surface area contributed by atoms with Gasteiger partial charge >= 0.3 is 0 Å². The molecule has 5 nitrogen and oxygen atoms in total. The van der Waals surface area contributed by atoms with Crippen LogP contribution in [0.2, 0.25) is 0 Å². The Morgan fingerprint density at radius 2 is 1.89 bits per heavy atom. The molecule has 1 amide bonds. The summed E-state index contributed by atoms with van der Waals surface area (Å²) in [5.74, 6) is 0.517. The van der Waals surface area contributed by atoms with Crippen LogP contribution in [0, 0.1) is 0 Å². The lowest BCUT2D eigenvalue weighted by Crippen LogP contribution is -2.24. The molecule has 1 aliphatic heterocycles. The number of fused-ring (bicyclic) bond motifs is 1. The number of amides is 1. The lowest BCUT2D eigenvalue weighted by molar-refractivity contribution is 0.102. The molecular weight excluding hydrogens is 338 g/mol. The highest BCUT2D eigenvalue weighted by Crippen LogP contribution is 2.32. The van der Waals surface area contributed by atoms with E-state index in [-0.39, 0.29) is 5.91 Å². The first kappa shape index (κ1) is 17.1. The Labute approximate surface area is 158 Å². The quantitative estimate of drug-likeness (QED) is 0.749. The summed E-state index contributed by atoms with van der Waals surface area (Å²) < 4.78 is 5.12. The number of hydrogen-bond acceptors (Lipinski definition) is 4. The Morgan fingerprint density at radius 1 is 1.07 bits per heavy atom. The maximum absolute atomic E-state index is 12.4. The van der Waals surface area contributed by atoms with Crippen LogP contribution in [0.1, 0.15) is 22.5 Å². The van der Waals surface area contributed by atoms with Gasteiger partial charge in [-0.1, -0.05) is 18.2 Å². The van der Waals surface area contributed by atoms with E-state index < -0.39 is 0 Å². The molecule has 0 unspecified atom stereocenters. The van der Waals surface area contributed by atoms with E-state index in [0.717, 1.165) is 30.8 Å². The van der Waals surface area contributed by atoms with Crippen LogP contribution in [0.4, 0.5) is 17.1 Å². The highest BCUT2D eigenvalue weighted by molar-refractivity contribution is 6.03. The van der Waals surface area contributed by atoms with E-state index in [1.807, 2.05) is 6.07 Å². The molecule has 1 N–H and O–H groups in total. The lowest BCUT2D eigenvalue weighted by Gasteiger charge is -2.31. The van der Waals surface area contributed by atoms with Gasteiger partial charge in [-0.3, -0.25) is 4.79 Å². The fourth-order valence-electron chi connectivity index (χ4n) is 3.35. The highest BCUT2D eigenvalue weighted by atomic mass is 16.5. The van der Waals surface area contributed by atoms with Crippen molar-refractivity contribution in [1.82, 2.24) is 4.98 Å². The van der Waals surface area contributed by atoms with Crippen molar-refractivity contribution in [3.8, 4) is 5.75 Å². The van der Waals surface area contributed by atoms with Crippen molar-refractivity contribution in [3.63, 3.8) is 0 Å². The summed E-state index contributed by atoms with van der Waals surface area (Å²) in [6.45, 7) is 0.954. The molecule has 27 heavy (non-hydrogen) atoms. The molecular formula is C22H21N3O2. The SMILES string of the molecule is COc1ccc(NC(=O)c2ccc(N3CCCc4ccccc43)cn2)cc1. The standard InChI is InChI=1S/C22H21N3O2/c1-27-19-11-8-17(9-12-19)24-22(26)20-13-10-18(15-23-20)25-14-4-6-16-5-2-3-7-21(16)25/h2-3,5,7-13,15H,4,6,14H2,1H3,(H,24,26). The zero-order valence-electron chi connectivity index (χ0n) is 15.2. The summed E-state index contributed by atoms with van der Waals surface area (Å²) in [7, 11) is 1.61. The van der Waals surface area contributed by atoms with Gasteiger partial charge in [0, 0.05) is 17.9 Å². The summed E-state index contributed by atoms with van der Waals surface area (Å²) in [4.78, 5) is 19.1. The van der Waals surface area contributed by atoms with Crippen LogP contribution >= 0.6 is 0 Å². The molecule has 2 heterocycles. The van der Waals surface area contributed by atoms with Crippen LogP contribution in [-0.4, -0.2) is 24.5 Å². The lowest BCUT2D eigenvalue weighted by atomic mass is 10.0. The van der Waals surface area contributed by atoms with Crippen molar-refractivity contribution in [3.05, 3.63) is 78.1 Å². The van der Waals surface area contributed by atoms with E-state index in [4.69, 9.17) is 4.74 Å². The van der Waals surface area contributed by atoms with E-state index in [1.165, 1.54) is 11.3 Å². The van der Waals surface area contributed by atoms with Crippen LogP contribution < -0.4 is 15.0 Å². The minimum atomic E-state index is -0.231. The van der Waals surface area contributed by atoms with E-state index >= 15 is 0 Å². The number of anilines is 3. The largest absolute Gasteiger partial charge is 0.497 e. The summed E-state index contributed by atoms with van der Waals surface area (Å²) in [6, 6.07) is 19.4. The number of para-hydroxylation sites is 1. The Morgan fingerprint density at radius 3 is 2.63 bits per heavy atom. The van der Waals surface area contributed by atoms with Crippen LogP contribution in [0.5, 0.6) is 5.75 Å². The van der Waals surface area contributed by atoms with Gasteiger partial charge in [0.25, 0.3) is 5.91 Å². The summed E-state index contributed by atoms with van der Waals surface area (Å²) >= 11 is 0. The number of hydrogen-bond donors (Lipinski definition) is 1. The summed E-state index contributed by atoms with van der Waals surface area (Å²) in [5.41, 5.74) is 4.67. The first-order chi connectivity index (χ1) is 13.2. The number of aryl methyl sites for hydroxylation is 1. The molecule has 4 rings (SSSR count). The predicted octanol–water partition coefficient (Wildman–Crippen LogP) is 4.43. The molecule has 0 atom stereocenters. The molecule has 5 heteroatoms. The van der Waals surface area contributed by atoms with Crippen LogP contribution in [0.25, 0.3) is 0 Å². The van der Waals surface area contributed by atoms with E-state index in [9.17, 15) is 4.79 Å². The number of methoxy groups -OCH3 is 1. The zero-order valence-corrected chi connectivity index (χ0v) is 15.2. The number of carbonyl (C=O) groups is 1. The number of nitrogens with zero attached hydrogens (tertiary/aromatic N) is 2. The summed E-state index contributed by atoms with van der Waals surface area (Å²) in [6.07, 6.45) is 3.98. The number of nitrogens with one attached hydrogen (secondary N) is 1. The number of pyridine rings is 1. The molecule has 2 aromatic carbocycles. The fraction of sp³-hybridized carbons (Fsp3) is 0.182. The third kappa shape index (κ3) is 3.62. The predicted molar refractivity (Wildman–Crippen MR) is 107 cm³/mol. The van der Waals surface area contributed by atoms with Crippen molar-refractivity contribution >= 4 is 23.0 Å². The minimum Gasteiger partial charge on any atom is -0.497 e. The summed E-state index contributed by atoms with van der Waals surface area (Å²) in [5, 5.41) is 2.85. The second kappa shape index (κ2) is 7.50. The molecule has 0 aliphatic carbocycles. The van der Waals surface area contributed by atoms with Gasteiger partial charge in [0.2, 0.25) is 0 Å². The van der Waals surface area contributed by atoms with Crippen LogP contribution in [-0.2, 0) is 6.42 Å². The average Bonchev–Trinajstić information content (AvgIpc) is 2.74. The van der Waals surface area contributed by atoms with Crippen molar-refractivity contribution in [2.45, 2.75) is 12.8 Å². The fourth-order valence-corrected chi connectivity index (χ4v) is 3.35. The van der Waals surface area contributed by atoms with E-state index in [1.54, 1.807) is 43.6 Å². The first-order valence-electron chi connectivity index (χ1n) is 9.01. The number of benzene rings is 2. The maximum Gasteiger partial charge on any atom is 0.274 e. The van der Waals surface area contributed by atoms with Gasteiger partial charge in [-0.15, -0.1) is 0 Å². The molecule has 136 valence electrons. The maximum atomic E-state index is 12.4. The molecule has 1 aliphatic rings. The minimum absolute atomic E-state index is 0.231. The Hall–Kier alpha value is -3.34. The molecule has 0 radical (unpaired) electrons. The molecule has 0 bridgehead atoms.